The number of nitrogens with zero attached hydrogens (tertiary/aromatic N) is 2. The summed E-state index contributed by atoms with van der Waals surface area (Å²) in [6.45, 7) is 2.09. The van der Waals surface area contributed by atoms with Gasteiger partial charge in [0.25, 0.3) is 0 Å². The van der Waals surface area contributed by atoms with Crippen LogP contribution in [0.1, 0.15) is 22.7 Å². The summed E-state index contributed by atoms with van der Waals surface area (Å²) in [6.07, 6.45) is 6.10. The smallest absolute Gasteiger partial charge is 0.142 e. The number of benzene rings is 2. The van der Waals surface area contributed by atoms with Gasteiger partial charge in [-0.1, -0.05) is 23.7 Å². The molecule has 1 aliphatic rings. The molecule has 5 rings (SSSR count). The fourth-order valence-electron chi connectivity index (χ4n) is 3.56. The van der Waals surface area contributed by atoms with Crippen LogP contribution in [0.25, 0.3) is 39.1 Å². The van der Waals surface area contributed by atoms with Gasteiger partial charge in [0.2, 0.25) is 0 Å². The molecule has 0 spiro atoms. The number of aromatic nitrogens is 2. The molecule has 0 radical (unpaired) electrons. The molecule has 1 aliphatic heterocycles. The Morgan fingerprint density at radius 2 is 2.00 bits per heavy atom. The van der Waals surface area contributed by atoms with E-state index < -0.39 is 0 Å². The first-order valence-electron chi connectivity index (χ1n) is 9.37. The fourth-order valence-corrected chi connectivity index (χ4v) is 4.70. The molecule has 4 aromatic rings. The Morgan fingerprint density at radius 3 is 2.83 bits per heavy atom. The predicted octanol–water partition coefficient (Wildman–Crippen LogP) is 7.26. The van der Waals surface area contributed by atoms with E-state index in [0.717, 1.165) is 56.3 Å². The molecule has 3 nitrogen and oxygen atoms in total. The molecule has 2 aromatic carbocycles. The lowest BCUT2D eigenvalue weighted by Crippen LogP contribution is -1.88. The van der Waals surface area contributed by atoms with Crippen LogP contribution in [0.3, 0.4) is 0 Å². The van der Waals surface area contributed by atoms with Gasteiger partial charge < -0.3 is 4.98 Å². The van der Waals surface area contributed by atoms with Gasteiger partial charge in [-0.15, -0.1) is 11.3 Å². The monoisotopic (exact) mass is 421 g/mol. The number of aryl methyl sites for hydroxylation is 1. The summed E-state index contributed by atoms with van der Waals surface area (Å²) in [5, 5.41) is 2.50. The Hall–Kier alpha value is -2.76. The molecule has 2 aromatic heterocycles. The lowest BCUT2D eigenvalue weighted by Gasteiger charge is -2.02. The van der Waals surface area contributed by atoms with Crippen molar-refractivity contribution in [1.82, 2.24) is 9.97 Å². The van der Waals surface area contributed by atoms with Crippen molar-refractivity contribution in [2.24, 2.45) is 4.99 Å². The van der Waals surface area contributed by atoms with E-state index in [1.807, 2.05) is 18.3 Å². The van der Waals surface area contributed by atoms with E-state index >= 15 is 0 Å². The van der Waals surface area contributed by atoms with Gasteiger partial charge in [0.05, 0.1) is 16.4 Å². The number of H-pyrrole nitrogens is 1. The average Bonchev–Trinajstić information content (AvgIpc) is 3.33. The van der Waals surface area contributed by atoms with Crippen molar-refractivity contribution in [1.29, 1.82) is 0 Å². The zero-order valence-corrected chi connectivity index (χ0v) is 17.2. The van der Waals surface area contributed by atoms with Crippen LogP contribution in [0.2, 0.25) is 5.02 Å². The number of aromatic amines is 1. The molecular formula is C23H17ClFN3S. The number of allylic oxidation sites excluding steroid dienone is 1. The normalized spacial score (nSPS) is 13.8. The number of halogens is 2. The molecule has 0 atom stereocenters. The van der Waals surface area contributed by atoms with Crippen LogP contribution in [0.15, 0.2) is 53.5 Å². The van der Waals surface area contributed by atoms with Gasteiger partial charge in [0.1, 0.15) is 10.8 Å². The maximum Gasteiger partial charge on any atom is 0.142 e. The second-order valence-electron chi connectivity index (χ2n) is 7.01. The van der Waals surface area contributed by atoms with Crippen LogP contribution >= 0.6 is 22.9 Å². The topological polar surface area (TPSA) is 41.0 Å². The second-order valence-corrected chi connectivity index (χ2v) is 8.62. The van der Waals surface area contributed by atoms with Crippen molar-refractivity contribution in [3.8, 4) is 22.5 Å². The van der Waals surface area contributed by atoms with Gasteiger partial charge in [-0.3, -0.25) is 4.99 Å². The summed E-state index contributed by atoms with van der Waals surface area (Å²) < 4.78 is 13.7. The lowest BCUT2D eigenvalue weighted by atomic mass is 10.1. The van der Waals surface area contributed by atoms with Crippen molar-refractivity contribution in [3.05, 3.63) is 69.3 Å². The van der Waals surface area contributed by atoms with E-state index in [-0.39, 0.29) is 5.82 Å². The molecular weight excluding hydrogens is 405 g/mol. The Balaban J connectivity index is 1.56. The summed E-state index contributed by atoms with van der Waals surface area (Å²) in [7, 11) is 0. The van der Waals surface area contributed by atoms with E-state index in [1.165, 1.54) is 12.1 Å². The lowest BCUT2D eigenvalue weighted by molar-refractivity contribution is 0.628. The molecule has 0 fully saturated rings. The van der Waals surface area contributed by atoms with E-state index in [1.54, 1.807) is 17.4 Å². The Bertz CT molecular complexity index is 1300. The molecule has 6 heteroatoms. The molecule has 0 amide bonds. The van der Waals surface area contributed by atoms with E-state index in [0.29, 0.717) is 10.6 Å². The van der Waals surface area contributed by atoms with Crippen LogP contribution in [-0.2, 0) is 0 Å². The minimum absolute atomic E-state index is 0.311. The summed E-state index contributed by atoms with van der Waals surface area (Å²) in [6, 6.07) is 12.6. The van der Waals surface area contributed by atoms with Crippen LogP contribution in [-0.4, -0.2) is 16.2 Å². The van der Waals surface area contributed by atoms with Crippen molar-refractivity contribution >= 4 is 45.8 Å². The second kappa shape index (κ2) is 7.25. The Morgan fingerprint density at radius 1 is 1.10 bits per heavy atom. The van der Waals surface area contributed by atoms with Crippen molar-refractivity contribution in [3.63, 3.8) is 0 Å². The molecule has 144 valence electrons. The minimum Gasteiger partial charge on any atom is -0.354 e. The predicted molar refractivity (Wildman–Crippen MR) is 120 cm³/mol. The van der Waals surface area contributed by atoms with Gasteiger partial charge >= 0.3 is 0 Å². The molecule has 29 heavy (non-hydrogen) atoms. The van der Waals surface area contributed by atoms with Gasteiger partial charge in [-0.2, -0.15) is 0 Å². The van der Waals surface area contributed by atoms with Gasteiger partial charge in [-0.25, -0.2) is 9.37 Å². The van der Waals surface area contributed by atoms with E-state index in [2.05, 4.69) is 35.1 Å². The summed E-state index contributed by atoms with van der Waals surface area (Å²) in [4.78, 5) is 13.8. The van der Waals surface area contributed by atoms with Crippen molar-refractivity contribution in [2.75, 3.05) is 0 Å². The molecule has 0 bridgehead atoms. The first-order valence-corrected chi connectivity index (χ1v) is 10.6. The number of nitrogens with one attached hydrogen (secondary N) is 1. The largest absolute Gasteiger partial charge is 0.354 e. The molecule has 0 saturated heterocycles. The van der Waals surface area contributed by atoms with Crippen LogP contribution in [0, 0.1) is 12.7 Å². The number of fused-ring (bicyclic) bond motifs is 1. The van der Waals surface area contributed by atoms with Gasteiger partial charge in [0.15, 0.2) is 0 Å². The summed E-state index contributed by atoms with van der Waals surface area (Å²) >= 11 is 7.94. The molecule has 1 N–H and O–H groups in total. The maximum atomic E-state index is 13.7. The SMILES string of the molecule is Cc1sc(C2=CCCC=N2)nc1-c1ccc2[nH]c(-c3cc(F)ccc3Cl)cc2c1. The third-order valence-electron chi connectivity index (χ3n) is 4.99. The Kier molecular flexibility index (Phi) is 4.57. The average molecular weight is 422 g/mol. The number of rotatable bonds is 3. The first kappa shape index (κ1) is 18.3. The highest BCUT2D eigenvalue weighted by Gasteiger charge is 2.15. The number of hydrogen-bond donors (Lipinski definition) is 1. The zero-order valence-electron chi connectivity index (χ0n) is 15.7. The zero-order chi connectivity index (χ0) is 20.0. The van der Waals surface area contributed by atoms with Crippen molar-refractivity contribution in [2.45, 2.75) is 19.8 Å². The first-order chi connectivity index (χ1) is 14.1. The molecule has 0 unspecified atom stereocenters. The van der Waals surface area contributed by atoms with E-state index in [4.69, 9.17) is 16.6 Å². The minimum atomic E-state index is -0.311. The maximum absolute atomic E-state index is 13.7. The number of aliphatic imine (C=N–C) groups is 1. The fraction of sp³-hybridized carbons (Fsp3) is 0.130. The third-order valence-corrected chi connectivity index (χ3v) is 6.32. The highest BCUT2D eigenvalue weighted by molar-refractivity contribution is 7.13. The number of hydrogen-bond acceptors (Lipinski definition) is 3. The molecule has 0 saturated carbocycles. The van der Waals surface area contributed by atoms with E-state index in [9.17, 15) is 4.39 Å². The Labute approximate surface area is 176 Å². The van der Waals surface area contributed by atoms with Crippen molar-refractivity contribution < 1.29 is 4.39 Å². The standard InChI is InChI=1S/C23H17ClFN3S/c1-13-22(28-23(29-13)20-4-2-3-9-26-20)14-5-8-19-15(10-14)11-21(27-19)17-12-16(25)6-7-18(17)24/h4-12,27H,2-3H2,1H3. The van der Waals surface area contributed by atoms with Gasteiger partial charge in [0, 0.05) is 38.8 Å². The highest BCUT2D eigenvalue weighted by atomic mass is 35.5. The van der Waals surface area contributed by atoms with Crippen LogP contribution in [0.4, 0.5) is 4.39 Å². The van der Waals surface area contributed by atoms with Crippen LogP contribution < -0.4 is 0 Å². The molecule has 0 aliphatic carbocycles. The summed E-state index contributed by atoms with van der Waals surface area (Å²) in [5.41, 5.74) is 5.39. The quantitative estimate of drug-likeness (QED) is 0.371. The van der Waals surface area contributed by atoms with Gasteiger partial charge in [-0.05, 0) is 56.2 Å². The van der Waals surface area contributed by atoms with Crippen LogP contribution in [0.5, 0.6) is 0 Å². The number of thiazole rings is 1. The highest BCUT2D eigenvalue weighted by Crippen LogP contribution is 2.35. The third kappa shape index (κ3) is 3.41. The summed E-state index contributed by atoms with van der Waals surface area (Å²) in [5.74, 6) is -0.311. The molecule has 3 heterocycles.